The number of benzene rings is 1. The third-order valence-electron chi connectivity index (χ3n) is 3.48. The summed E-state index contributed by atoms with van der Waals surface area (Å²) >= 11 is 5.85. The number of hydrogen-bond donors (Lipinski definition) is 1. The monoisotopic (exact) mass is 278 g/mol. The molecule has 1 N–H and O–H groups in total. The molecule has 3 nitrogen and oxygen atoms in total. The summed E-state index contributed by atoms with van der Waals surface area (Å²) in [5.74, 6) is 0. The molecule has 0 saturated heterocycles. The van der Waals surface area contributed by atoms with Crippen LogP contribution in [0.2, 0.25) is 5.02 Å². The maximum atomic E-state index is 10.2. The van der Waals surface area contributed by atoms with Crippen LogP contribution in [0.4, 0.5) is 0 Å². The van der Waals surface area contributed by atoms with Crippen LogP contribution in [0, 0.1) is 13.8 Å². The largest absolute Gasteiger partial charge is 0.392 e. The Bertz CT molecular complexity index is 560. The number of aliphatic hydroxyl groups is 1. The molecule has 0 spiro atoms. The lowest BCUT2D eigenvalue weighted by atomic mass is 10.0. The second-order valence-electron chi connectivity index (χ2n) is 4.96. The maximum Gasteiger partial charge on any atom is 0.0629 e. The molecule has 0 aliphatic carbocycles. The van der Waals surface area contributed by atoms with Gasteiger partial charge in [0.05, 0.1) is 11.8 Å². The summed E-state index contributed by atoms with van der Waals surface area (Å²) in [5.41, 5.74) is 4.35. The molecule has 19 heavy (non-hydrogen) atoms. The smallest absolute Gasteiger partial charge is 0.0629 e. The summed E-state index contributed by atoms with van der Waals surface area (Å²) < 4.78 is 1.86. The predicted octanol–water partition coefficient (Wildman–Crippen LogP) is 2.84. The van der Waals surface area contributed by atoms with E-state index in [1.807, 2.05) is 49.8 Å². The van der Waals surface area contributed by atoms with Crippen molar-refractivity contribution in [2.75, 3.05) is 0 Å². The highest BCUT2D eigenvalue weighted by atomic mass is 35.5. The van der Waals surface area contributed by atoms with Crippen molar-refractivity contribution in [2.45, 2.75) is 32.8 Å². The van der Waals surface area contributed by atoms with E-state index in [1.165, 1.54) is 0 Å². The van der Waals surface area contributed by atoms with Crippen LogP contribution in [0.15, 0.2) is 24.3 Å². The molecule has 0 aliphatic heterocycles. The third-order valence-corrected chi connectivity index (χ3v) is 3.74. The van der Waals surface area contributed by atoms with Crippen LogP contribution >= 0.6 is 11.6 Å². The SMILES string of the molecule is Cc1nn(C)c(C)c1CC(O)Cc1ccc(Cl)cc1. The van der Waals surface area contributed by atoms with Gasteiger partial charge in [-0.2, -0.15) is 5.10 Å². The van der Waals surface area contributed by atoms with Crippen molar-refractivity contribution in [2.24, 2.45) is 7.05 Å². The van der Waals surface area contributed by atoms with E-state index in [-0.39, 0.29) is 0 Å². The van der Waals surface area contributed by atoms with Gasteiger partial charge in [-0.1, -0.05) is 23.7 Å². The molecule has 4 heteroatoms. The molecule has 1 heterocycles. The Morgan fingerprint density at radius 1 is 1.21 bits per heavy atom. The van der Waals surface area contributed by atoms with Crippen LogP contribution in [-0.4, -0.2) is 21.0 Å². The Balaban J connectivity index is 2.05. The van der Waals surface area contributed by atoms with E-state index in [0.29, 0.717) is 12.8 Å². The first kappa shape index (κ1) is 14.1. The lowest BCUT2D eigenvalue weighted by Crippen LogP contribution is -2.15. The average Bonchev–Trinajstić information content (AvgIpc) is 2.59. The van der Waals surface area contributed by atoms with Crippen molar-refractivity contribution in [3.05, 3.63) is 51.8 Å². The minimum absolute atomic E-state index is 0.400. The van der Waals surface area contributed by atoms with Crippen LogP contribution in [0.1, 0.15) is 22.5 Å². The Morgan fingerprint density at radius 2 is 1.84 bits per heavy atom. The fourth-order valence-corrected chi connectivity index (χ4v) is 2.44. The normalized spacial score (nSPS) is 12.7. The van der Waals surface area contributed by atoms with Gasteiger partial charge in [0.25, 0.3) is 0 Å². The molecule has 2 rings (SSSR count). The molecule has 0 radical (unpaired) electrons. The average molecular weight is 279 g/mol. The molecule has 1 atom stereocenters. The lowest BCUT2D eigenvalue weighted by Gasteiger charge is -2.11. The first-order valence-corrected chi connectivity index (χ1v) is 6.76. The molecule has 0 aliphatic rings. The minimum Gasteiger partial charge on any atom is -0.392 e. The van der Waals surface area contributed by atoms with Crippen LogP contribution in [0.5, 0.6) is 0 Å². The van der Waals surface area contributed by atoms with Gasteiger partial charge in [-0.15, -0.1) is 0 Å². The quantitative estimate of drug-likeness (QED) is 0.934. The topological polar surface area (TPSA) is 38.0 Å². The van der Waals surface area contributed by atoms with Crippen LogP contribution < -0.4 is 0 Å². The van der Waals surface area contributed by atoms with Crippen LogP contribution in [-0.2, 0) is 19.9 Å². The molecular formula is C15H19ClN2O. The molecule has 2 aromatic rings. The van der Waals surface area contributed by atoms with E-state index in [1.54, 1.807) is 0 Å². The van der Waals surface area contributed by atoms with Gasteiger partial charge in [0.15, 0.2) is 0 Å². The third kappa shape index (κ3) is 3.37. The highest BCUT2D eigenvalue weighted by Gasteiger charge is 2.14. The second kappa shape index (κ2) is 5.76. The number of nitrogens with zero attached hydrogens (tertiary/aromatic N) is 2. The van der Waals surface area contributed by atoms with E-state index >= 15 is 0 Å². The predicted molar refractivity (Wildman–Crippen MR) is 77.5 cm³/mol. The number of halogens is 1. The van der Waals surface area contributed by atoms with E-state index in [4.69, 9.17) is 11.6 Å². The summed E-state index contributed by atoms with van der Waals surface area (Å²) in [4.78, 5) is 0. The number of aryl methyl sites for hydroxylation is 2. The number of rotatable bonds is 4. The number of aromatic nitrogens is 2. The Morgan fingerprint density at radius 3 is 2.37 bits per heavy atom. The Labute approximate surface area is 118 Å². The number of aliphatic hydroxyl groups excluding tert-OH is 1. The summed E-state index contributed by atoms with van der Waals surface area (Å²) in [6.45, 7) is 4.02. The molecule has 1 aromatic carbocycles. The van der Waals surface area contributed by atoms with Gasteiger partial charge in [-0.3, -0.25) is 4.68 Å². The van der Waals surface area contributed by atoms with E-state index in [9.17, 15) is 5.11 Å². The van der Waals surface area contributed by atoms with Crippen molar-refractivity contribution < 1.29 is 5.11 Å². The van der Waals surface area contributed by atoms with Gasteiger partial charge in [-0.25, -0.2) is 0 Å². The zero-order valence-corrected chi connectivity index (χ0v) is 12.3. The molecule has 0 amide bonds. The second-order valence-corrected chi connectivity index (χ2v) is 5.40. The van der Waals surface area contributed by atoms with Crippen LogP contribution in [0.3, 0.4) is 0 Å². The van der Waals surface area contributed by atoms with Gasteiger partial charge in [0.2, 0.25) is 0 Å². The lowest BCUT2D eigenvalue weighted by molar-refractivity contribution is 0.175. The molecule has 0 fully saturated rings. The zero-order valence-electron chi connectivity index (χ0n) is 11.5. The van der Waals surface area contributed by atoms with Gasteiger partial charge >= 0.3 is 0 Å². The highest BCUT2D eigenvalue weighted by Crippen LogP contribution is 2.17. The van der Waals surface area contributed by atoms with Crippen LogP contribution in [0.25, 0.3) is 0 Å². The van der Waals surface area contributed by atoms with Crippen molar-refractivity contribution in [3.8, 4) is 0 Å². The first-order chi connectivity index (χ1) is 8.97. The molecule has 0 bridgehead atoms. The first-order valence-electron chi connectivity index (χ1n) is 6.39. The summed E-state index contributed by atoms with van der Waals surface area (Å²) in [6.07, 6.45) is 0.863. The summed E-state index contributed by atoms with van der Waals surface area (Å²) in [6, 6.07) is 7.61. The zero-order chi connectivity index (χ0) is 14.0. The Hall–Kier alpha value is -1.32. The fourth-order valence-electron chi connectivity index (χ4n) is 2.31. The molecule has 102 valence electrons. The number of hydrogen-bond acceptors (Lipinski definition) is 2. The van der Waals surface area contributed by atoms with E-state index in [0.717, 1.165) is 27.5 Å². The van der Waals surface area contributed by atoms with Crippen molar-refractivity contribution in [1.82, 2.24) is 9.78 Å². The van der Waals surface area contributed by atoms with Gasteiger partial charge in [0.1, 0.15) is 0 Å². The molecule has 1 aromatic heterocycles. The molecular weight excluding hydrogens is 260 g/mol. The fraction of sp³-hybridized carbons (Fsp3) is 0.400. The van der Waals surface area contributed by atoms with Gasteiger partial charge < -0.3 is 5.11 Å². The van der Waals surface area contributed by atoms with Crippen molar-refractivity contribution in [3.63, 3.8) is 0 Å². The van der Waals surface area contributed by atoms with E-state index < -0.39 is 6.10 Å². The van der Waals surface area contributed by atoms with Crippen molar-refractivity contribution in [1.29, 1.82) is 0 Å². The molecule has 0 saturated carbocycles. The summed E-state index contributed by atoms with van der Waals surface area (Å²) in [5, 5.41) is 15.3. The maximum absolute atomic E-state index is 10.2. The standard InChI is InChI=1S/C15H19ClN2O/c1-10-15(11(2)18(3)17-10)9-14(19)8-12-4-6-13(16)7-5-12/h4-7,14,19H,8-9H2,1-3H3. The Kier molecular flexibility index (Phi) is 4.27. The van der Waals surface area contributed by atoms with Gasteiger partial charge in [-0.05, 0) is 43.5 Å². The highest BCUT2D eigenvalue weighted by molar-refractivity contribution is 6.30. The van der Waals surface area contributed by atoms with Gasteiger partial charge in [0, 0.05) is 24.2 Å². The minimum atomic E-state index is -0.400. The molecule has 1 unspecified atom stereocenters. The van der Waals surface area contributed by atoms with E-state index in [2.05, 4.69) is 5.10 Å². The van der Waals surface area contributed by atoms with Crippen molar-refractivity contribution >= 4 is 11.6 Å². The summed E-state index contributed by atoms with van der Waals surface area (Å²) in [7, 11) is 1.93.